The van der Waals surface area contributed by atoms with Crippen LogP contribution in [0, 0.1) is 6.92 Å². The number of aryl methyl sites for hydroxylation is 1. The van der Waals surface area contributed by atoms with Crippen LogP contribution in [-0.2, 0) is 22.9 Å². The number of pyridine rings is 1. The van der Waals surface area contributed by atoms with E-state index < -0.39 is 49.6 Å². The number of nitrogens with zero attached hydrogens (tertiary/aromatic N) is 2. The van der Waals surface area contributed by atoms with E-state index in [1.54, 1.807) is 0 Å². The van der Waals surface area contributed by atoms with Crippen LogP contribution in [0.3, 0.4) is 0 Å². The van der Waals surface area contributed by atoms with Crippen molar-refractivity contribution in [2.45, 2.75) is 55.2 Å². The van der Waals surface area contributed by atoms with Gasteiger partial charge in [-0.05, 0) is 37.5 Å². The summed E-state index contributed by atoms with van der Waals surface area (Å²) in [6.07, 6.45) is -0.199. The molecule has 0 unspecified atom stereocenters. The van der Waals surface area contributed by atoms with Crippen molar-refractivity contribution in [1.29, 1.82) is 0 Å². The number of benzene rings is 1. The summed E-state index contributed by atoms with van der Waals surface area (Å²) in [6.45, 7) is 2.15. The minimum Gasteiger partial charge on any atom is -0.348 e. The summed E-state index contributed by atoms with van der Waals surface area (Å²) in [5.41, 5.74) is 1.30. The van der Waals surface area contributed by atoms with Crippen molar-refractivity contribution in [2.24, 2.45) is 0 Å². The molecule has 2 fully saturated rings. The lowest BCUT2D eigenvalue weighted by Gasteiger charge is -2.32. The van der Waals surface area contributed by atoms with Crippen LogP contribution in [0.25, 0.3) is 0 Å². The lowest BCUT2D eigenvalue weighted by atomic mass is 10.1. The van der Waals surface area contributed by atoms with Crippen molar-refractivity contribution >= 4 is 21.7 Å². The predicted octanol–water partition coefficient (Wildman–Crippen LogP) is 1.90. The molecule has 2 amide bonds. The Morgan fingerprint density at radius 3 is 2.34 bits per heavy atom. The van der Waals surface area contributed by atoms with Gasteiger partial charge >= 0.3 is 0 Å². The van der Waals surface area contributed by atoms with Crippen LogP contribution in [0.15, 0.2) is 41.2 Å². The summed E-state index contributed by atoms with van der Waals surface area (Å²) in [5, 5.41) is 1.03. The van der Waals surface area contributed by atoms with Gasteiger partial charge in [0, 0.05) is 32.6 Å². The van der Waals surface area contributed by atoms with Crippen LogP contribution in [0.4, 0.5) is 8.78 Å². The monoisotopic (exact) mass is 505 g/mol. The van der Waals surface area contributed by atoms with Gasteiger partial charge in [0.25, 0.3) is 23.3 Å². The molecule has 0 spiro atoms. The largest absolute Gasteiger partial charge is 0.348 e. The summed E-state index contributed by atoms with van der Waals surface area (Å²) in [6, 6.07) is 10.2. The topological polar surface area (TPSA) is 106 Å². The molecule has 1 aromatic carbocycles. The molecule has 0 bridgehead atoms. The molecular weight excluding hydrogens is 480 g/mol. The second kappa shape index (κ2) is 7.97. The number of alkyl halides is 2. The minimum absolute atomic E-state index is 0.0429. The van der Waals surface area contributed by atoms with Crippen molar-refractivity contribution in [3.05, 3.63) is 69.1 Å². The third-order valence-corrected chi connectivity index (χ3v) is 10.1. The van der Waals surface area contributed by atoms with E-state index in [1.165, 1.54) is 21.6 Å². The molecule has 1 N–H and O–H groups in total. The second-order valence-corrected chi connectivity index (χ2v) is 12.2. The highest BCUT2D eigenvalue weighted by molar-refractivity contribution is 7.94. The lowest BCUT2D eigenvalue weighted by Crippen LogP contribution is -2.50. The molecule has 186 valence electrons. The van der Waals surface area contributed by atoms with E-state index in [9.17, 15) is 31.6 Å². The van der Waals surface area contributed by atoms with E-state index in [0.29, 0.717) is 0 Å². The Bertz CT molecular complexity index is 1380. The lowest BCUT2D eigenvalue weighted by molar-refractivity contribution is 0.0694. The van der Waals surface area contributed by atoms with E-state index in [0.717, 1.165) is 11.1 Å². The molecule has 0 saturated heterocycles. The number of hydrogen-bond acceptors (Lipinski definition) is 5. The highest BCUT2D eigenvalue weighted by Crippen LogP contribution is 2.56. The van der Waals surface area contributed by atoms with Gasteiger partial charge < -0.3 is 14.8 Å². The third kappa shape index (κ3) is 4.05. The van der Waals surface area contributed by atoms with Crippen molar-refractivity contribution in [2.75, 3.05) is 13.1 Å². The number of sulfone groups is 1. The first-order chi connectivity index (χ1) is 16.4. The molecule has 2 heterocycles. The van der Waals surface area contributed by atoms with Crippen molar-refractivity contribution in [3.63, 3.8) is 0 Å². The molecule has 0 radical (unpaired) electrons. The average molecular weight is 506 g/mol. The van der Waals surface area contributed by atoms with Crippen LogP contribution in [-0.4, -0.2) is 58.7 Å². The van der Waals surface area contributed by atoms with Gasteiger partial charge in [0.15, 0.2) is 9.84 Å². The molecule has 11 heteroatoms. The van der Waals surface area contributed by atoms with Gasteiger partial charge in [0.2, 0.25) is 0 Å². The number of carbonyl (C=O) groups is 2. The Hall–Kier alpha value is -3.08. The van der Waals surface area contributed by atoms with E-state index in [-0.39, 0.29) is 50.3 Å². The van der Waals surface area contributed by atoms with Gasteiger partial charge in [-0.1, -0.05) is 29.8 Å². The number of halogens is 2. The molecule has 2 saturated carbocycles. The number of fused-ring (bicyclic) bond motifs is 1. The molecular formula is C24H25F2N3O5S. The Kier molecular flexibility index (Phi) is 5.39. The third-order valence-electron chi connectivity index (χ3n) is 7.13. The standard InChI is InChI=1S/C24H25F2N3O5S/c1-15-2-4-16(5-3-15)13-27-20(30)17-6-7-18-22(32)28(10-11-29(18)21(17)31)14-23(8-9-23)35(33,34)19-12-24(19,25)26/h2-7,19H,8-14H2,1H3,(H,27,30)/t19-/m1/s1. The highest BCUT2D eigenvalue weighted by Gasteiger charge is 2.71. The number of nitrogens with one attached hydrogen (secondary N) is 1. The van der Waals surface area contributed by atoms with E-state index in [2.05, 4.69) is 5.32 Å². The van der Waals surface area contributed by atoms with Gasteiger partial charge in [0.1, 0.15) is 16.5 Å². The number of carbonyl (C=O) groups excluding carboxylic acids is 2. The van der Waals surface area contributed by atoms with Crippen LogP contribution in [0.1, 0.15) is 51.2 Å². The molecule has 5 rings (SSSR count). The number of aromatic nitrogens is 1. The maximum Gasteiger partial charge on any atom is 0.270 e. The summed E-state index contributed by atoms with van der Waals surface area (Å²) in [5.74, 6) is -4.31. The fourth-order valence-electron chi connectivity index (χ4n) is 4.63. The van der Waals surface area contributed by atoms with Crippen molar-refractivity contribution in [3.8, 4) is 0 Å². The van der Waals surface area contributed by atoms with Crippen molar-refractivity contribution < 1.29 is 26.8 Å². The second-order valence-electron chi connectivity index (χ2n) is 9.67. The normalized spacial score (nSPS) is 21.9. The molecule has 8 nitrogen and oxygen atoms in total. The van der Waals surface area contributed by atoms with Gasteiger partial charge in [-0.25, -0.2) is 17.2 Å². The number of rotatable bonds is 7. The smallest absolute Gasteiger partial charge is 0.270 e. The van der Waals surface area contributed by atoms with Crippen LogP contribution < -0.4 is 10.9 Å². The zero-order valence-electron chi connectivity index (χ0n) is 19.1. The first-order valence-electron chi connectivity index (χ1n) is 11.4. The Labute approximate surface area is 200 Å². The predicted molar refractivity (Wildman–Crippen MR) is 123 cm³/mol. The summed E-state index contributed by atoms with van der Waals surface area (Å²) in [4.78, 5) is 39.9. The quantitative estimate of drug-likeness (QED) is 0.619. The van der Waals surface area contributed by atoms with Gasteiger partial charge in [-0.15, -0.1) is 0 Å². The molecule has 1 atom stereocenters. The fraction of sp³-hybridized carbons (Fsp3) is 0.458. The Balaban J connectivity index is 1.30. The SMILES string of the molecule is Cc1ccc(CNC(=O)c2ccc3n(c2=O)CCN(CC2(S(=O)(=O)[C@@H]4CC4(F)F)CC2)C3=O)cc1. The first-order valence-corrected chi connectivity index (χ1v) is 13.0. The van der Waals surface area contributed by atoms with Crippen LogP contribution >= 0.6 is 0 Å². The summed E-state index contributed by atoms with van der Waals surface area (Å²) < 4.78 is 52.4. The van der Waals surface area contributed by atoms with Crippen LogP contribution in [0.5, 0.6) is 0 Å². The number of amides is 2. The maximum absolute atomic E-state index is 13.5. The Morgan fingerprint density at radius 2 is 1.74 bits per heavy atom. The average Bonchev–Trinajstić information content (AvgIpc) is 3.72. The molecule has 1 aromatic heterocycles. The Morgan fingerprint density at radius 1 is 1.09 bits per heavy atom. The zero-order chi connectivity index (χ0) is 25.2. The summed E-state index contributed by atoms with van der Waals surface area (Å²) >= 11 is 0. The van der Waals surface area contributed by atoms with E-state index in [4.69, 9.17) is 0 Å². The molecule has 2 aliphatic carbocycles. The van der Waals surface area contributed by atoms with Crippen LogP contribution in [0.2, 0.25) is 0 Å². The van der Waals surface area contributed by atoms with Gasteiger partial charge in [-0.3, -0.25) is 14.4 Å². The van der Waals surface area contributed by atoms with Gasteiger partial charge in [0.05, 0.1) is 4.75 Å². The molecule has 2 aromatic rings. The molecule has 3 aliphatic rings. The fourth-order valence-corrected chi connectivity index (χ4v) is 7.13. The highest BCUT2D eigenvalue weighted by atomic mass is 32.2. The zero-order valence-corrected chi connectivity index (χ0v) is 19.9. The molecule has 1 aliphatic heterocycles. The van der Waals surface area contributed by atoms with E-state index >= 15 is 0 Å². The maximum atomic E-state index is 13.5. The van der Waals surface area contributed by atoms with E-state index in [1.807, 2.05) is 31.2 Å². The van der Waals surface area contributed by atoms with Crippen molar-refractivity contribution in [1.82, 2.24) is 14.8 Å². The first kappa shape index (κ1) is 23.7. The molecule has 35 heavy (non-hydrogen) atoms. The number of hydrogen-bond donors (Lipinski definition) is 1. The van der Waals surface area contributed by atoms with Gasteiger partial charge in [-0.2, -0.15) is 0 Å². The minimum atomic E-state index is -4.09. The summed E-state index contributed by atoms with van der Waals surface area (Å²) in [7, 11) is -4.09.